The summed E-state index contributed by atoms with van der Waals surface area (Å²) in [6, 6.07) is 16.4. The first-order valence-electron chi connectivity index (χ1n) is 10.1. The first-order valence-corrected chi connectivity index (χ1v) is 11.4. The third-order valence-electron chi connectivity index (χ3n) is 4.81. The van der Waals surface area contributed by atoms with Crippen LogP contribution >= 0.6 is 22.9 Å². The second-order valence-electron chi connectivity index (χ2n) is 7.38. The Hall–Kier alpha value is -2.83. The molecule has 3 rings (SSSR count). The van der Waals surface area contributed by atoms with Crippen LogP contribution in [0.2, 0.25) is 5.02 Å². The molecule has 2 amide bonds. The number of anilines is 2. The molecule has 2 aromatic carbocycles. The molecule has 0 saturated carbocycles. The topological polar surface area (TPSA) is 52.7 Å². The van der Waals surface area contributed by atoms with E-state index in [1.807, 2.05) is 59.6 Å². The van der Waals surface area contributed by atoms with Crippen LogP contribution in [0.15, 0.2) is 60.0 Å². The smallest absolute Gasteiger partial charge is 0.264 e. The van der Waals surface area contributed by atoms with Crippen molar-refractivity contribution >= 4 is 46.1 Å². The van der Waals surface area contributed by atoms with Crippen LogP contribution in [-0.4, -0.2) is 37.4 Å². The molecule has 0 radical (unpaired) electrons. The van der Waals surface area contributed by atoms with Gasteiger partial charge in [0, 0.05) is 38.6 Å². The monoisotopic (exact) mass is 455 g/mol. The largest absolute Gasteiger partial charge is 0.377 e. The van der Waals surface area contributed by atoms with Crippen LogP contribution in [0.25, 0.3) is 0 Å². The normalized spacial score (nSPS) is 10.6. The maximum atomic E-state index is 13.0. The highest BCUT2D eigenvalue weighted by Gasteiger charge is 2.19. The van der Waals surface area contributed by atoms with E-state index in [-0.39, 0.29) is 11.8 Å². The summed E-state index contributed by atoms with van der Waals surface area (Å²) >= 11 is 7.61. The van der Waals surface area contributed by atoms with Gasteiger partial charge in [0.1, 0.15) is 0 Å². The van der Waals surface area contributed by atoms with Gasteiger partial charge in [0.05, 0.1) is 15.5 Å². The average molecular weight is 456 g/mol. The van der Waals surface area contributed by atoms with Crippen molar-refractivity contribution < 1.29 is 9.59 Å². The van der Waals surface area contributed by atoms with Crippen molar-refractivity contribution in [3.05, 3.63) is 81.0 Å². The third kappa shape index (κ3) is 5.66. The van der Waals surface area contributed by atoms with Gasteiger partial charge in [0.15, 0.2) is 0 Å². The third-order valence-corrected chi connectivity index (χ3v) is 6.00. The molecule has 5 nitrogen and oxygen atoms in total. The van der Waals surface area contributed by atoms with Crippen molar-refractivity contribution in [2.24, 2.45) is 0 Å². The van der Waals surface area contributed by atoms with Gasteiger partial charge in [-0.15, -0.1) is 11.3 Å². The summed E-state index contributed by atoms with van der Waals surface area (Å²) in [7, 11) is 3.93. The van der Waals surface area contributed by atoms with Crippen LogP contribution in [-0.2, 0) is 6.54 Å². The van der Waals surface area contributed by atoms with Gasteiger partial charge in [-0.25, -0.2) is 0 Å². The van der Waals surface area contributed by atoms with Gasteiger partial charge in [-0.1, -0.05) is 36.7 Å². The Morgan fingerprint density at radius 3 is 2.48 bits per heavy atom. The van der Waals surface area contributed by atoms with Gasteiger partial charge in [-0.3, -0.25) is 9.59 Å². The number of halogens is 1. The molecule has 7 heteroatoms. The second-order valence-corrected chi connectivity index (χ2v) is 8.73. The number of thiophene rings is 1. The zero-order valence-electron chi connectivity index (χ0n) is 17.9. The minimum absolute atomic E-state index is 0.0204. The summed E-state index contributed by atoms with van der Waals surface area (Å²) in [5, 5.41) is 5.24. The van der Waals surface area contributed by atoms with Crippen LogP contribution in [0, 0.1) is 0 Å². The summed E-state index contributed by atoms with van der Waals surface area (Å²) in [4.78, 5) is 30.3. The predicted molar refractivity (Wildman–Crippen MR) is 130 cm³/mol. The van der Waals surface area contributed by atoms with E-state index in [0.717, 1.165) is 22.5 Å². The molecule has 0 atom stereocenters. The summed E-state index contributed by atoms with van der Waals surface area (Å²) in [6.07, 6.45) is 0.858. The Morgan fingerprint density at radius 1 is 1.06 bits per heavy atom. The average Bonchev–Trinajstić information content (AvgIpc) is 3.28. The number of nitrogens with zero attached hydrogens (tertiary/aromatic N) is 2. The number of benzene rings is 2. The van der Waals surface area contributed by atoms with E-state index >= 15 is 0 Å². The lowest BCUT2D eigenvalue weighted by atomic mass is 10.1. The SMILES string of the molecule is CCCN(Cc1cc(NC(=O)c2ccccc2Cl)ccc1N(C)C)C(=O)c1cccs1. The van der Waals surface area contributed by atoms with Gasteiger partial charge in [-0.2, -0.15) is 0 Å². The maximum absolute atomic E-state index is 13.0. The number of carbonyl (C=O) groups excluding carboxylic acids is 2. The van der Waals surface area contributed by atoms with Crippen LogP contribution in [0.1, 0.15) is 38.9 Å². The summed E-state index contributed by atoms with van der Waals surface area (Å²) in [5.74, 6) is -0.249. The minimum atomic E-state index is -0.269. The Bertz CT molecular complexity index is 1050. The molecule has 0 bridgehead atoms. The van der Waals surface area contributed by atoms with E-state index < -0.39 is 0 Å². The fourth-order valence-electron chi connectivity index (χ4n) is 3.35. The van der Waals surface area contributed by atoms with Gasteiger partial charge in [0.2, 0.25) is 0 Å². The number of amides is 2. The van der Waals surface area contributed by atoms with Crippen molar-refractivity contribution in [2.75, 3.05) is 30.9 Å². The molecule has 0 fully saturated rings. The Labute approximate surface area is 192 Å². The molecular weight excluding hydrogens is 430 g/mol. The highest BCUT2D eigenvalue weighted by Crippen LogP contribution is 2.26. The lowest BCUT2D eigenvalue weighted by molar-refractivity contribution is 0.0748. The standard InChI is InChI=1S/C24H26ClN3O2S/c1-4-13-28(24(30)22-10-7-14-31-22)16-17-15-18(11-12-21(17)27(2)3)26-23(29)19-8-5-6-9-20(19)25/h5-12,14-15H,4,13,16H2,1-3H3,(H,26,29). The lowest BCUT2D eigenvalue weighted by Crippen LogP contribution is -2.31. The number of nitrogens with one attached hydrogen (secondary N) is 1. The fraction of sp³-hybridized carbons (Fsp3) is 0.250. The second kappa shape index (κ2) is 10.5. The van der Waals surface area contributed by atoms with Gasteiger partial charge < -0.3 is 15.1 Å². The molecule has 0 unspecified atom stereocenters. The Balaban J connectivity index is 1.88. The van der Waals surface area contributed by atoms with Crippen molar-refractivity contribution in [3.63, 3.8) is 0 Å². The molecular formula is C24H26ClN3O2S. The van der Waals surface area contributed by atoms with Crippen LogP contribution in [0.3, 0.4) is 0 Å². The molecule has 0 aliphatic heterocycles. The molecule has 0 spiro atoms. The highest BCUT2D eigenvalue weighted by atomic mass is 35.5. The van der Waals surface area contributed by atoms with E-state index in [4.69, 9.17) is 11.6 Å². The molecule has 0 saturated heterocycles. The van der Waals surface area contributed by atoms with E-state index in [1.54, 1.807) is 24.3 Å². The van der Waals surface area contributed by atoms with Crippen molar-refractivity contribution in [1.29, 1.82) is 0 Å². The number of hydrogen-bond donors (Lipinski definition) is 1. The Kier molecular flexibility index (Phi) is 7.71. The number of carbonyl (C=O) groups is 2. The lowest BCUT2D eigenvalue weighted by Gasteiger charge is -2.25. The molecule has 0 aliphatic carbocycles. The number of hydrogen-bond acceptors (Lipinski definition) is 4. The summed E-state index contributed by atoms with van der Waals surface area (Å²) in [5.41, 5.74) is 3.03. The number of rotatable bonds is 8. The van der Waals surface area contributed by atoms with Crippen molar-refractivity contribution in [3.8, 4) is 0 Å². The minimum Gasteiger partial charge on any atom is -0.377 e. The summed E-state index contributed by atoms with van der Waals surface area (Å²) < 4.78 is 0. The zero-order valence-corrected chi connectivity index (χ0v) is 19.5. The first-order chi connectivity index (χ1) is 14.9. The van der Waals surface area contributed by atoms with Gasteiger partial charge in [0.25, 0.3) is 11.8 Å². The summed E-state index contributed by atoms with van der Waals surface area (Å²) in [6.45, 7) is 3.16. The molecule has 0 aliphatic rings. The van der Waals surface area contributed by atoms with Crippen LogP contribution < -0.4 is 10.2 Å². The molecule has 1 aromatic heterocycles. The van der Waals surface area contributed by atoms with Crippen molar-refractivity contribution in [1.82, 2.24) is 4.90 Å². The van der Waals surface area contributed by atoms with Crippen LogP contribution in [0.5, 0.6) is 0 Å². The molecule has 1 N–H and O–H groups in total. The molecule has 31 heavy (non-hydrogen) atoms. The van der Waals surface area contributed by atoms with Gasteiger partial charge >= 0.3 is 0 Å². The molecule has 162 valence electrons. The van der Waals surface area contributed by atoms with E-state index in [0.29, 0.717) is 29.4 Å². The predicted octanol–water partition coefficient (Wildman–Crippen LogP) is 5.77. The first kappa shape index (κ1) is 22.8. The quantitative estimate of drug-likeness (QED) is 0.469. The van der Waals surface area contributed by atoms with E-state index in [2.05, 4.69) is 12.2 Å². The maximum Gasteiger partial charge on any atom is 0.264 e. The van der Waals surface area contributed by atoms with Crippen molar-refractivity contribution in [2.45, 2.75) is 19.9 Å². The zero-order chi connectivity index (χ0) is 22.4. The Morgan fingerprint density at radius 2 is 1.84 bits per heavy atom. The van der Waals surface area contributed by atoms with Gasteiger partial charge in [-0.05, 0) is 53.8 Å². The van der Waals surface area contributed by atoms with E-state index in [1.165, 1.54) is 11.3 Å². The fourth-order valence-corrected chi connectivity index (χ4v) is 4.27. The van der Waals surface area contributed by atoms with E-state index in [9.17, 15) is 9.59 Å². The molecule has 1 heterocycles. The highest BCUT2D eigenvalue weighted by molar-refractivity contribution is 7.12. The van der Waals surface area contributed by atoms with Crippen LogP contribution in [0.4, 0.5) is 11.4 Å². The molecule has 3 aromatic rings.